The fourth-order valence-electron chi connectivity index (χ4n) is 2.42. The van der Waals surface area contributed by atoms with Gasteiger partial charge >= 0.3 is 0 Å². The lowest BCUT2D eigenvalue weighted by Gasteiger charge is -2.36. The summed E-state index contributed by atoms with van der Waals surface area (Å²) in [6, 6.07) is 0.144. The van der Waals surface area contributed by atoms with Gasteiger partial charge in [-0.25, -0.2) is 0 Å². The maximum Gasteiger partial charge on any atom is 0.243 e. The maximum absolute atomic E-state index is 12.5. The Bertz CT molecular complexity index is 235. The zero-order valence-corrected chi connectivity index (χ0v) is 10.6. The SMILES string of the molecule is CCC1(C(=O)N(CCO)C(C)C)CCCN1. The highest BCUT2D eigenvalue weighted by atomic mass is 16.3. The first-order valence-corrected chi connectivity index (χ1v) is 6.24. The molecule has 0 bridgehead atoms. The molecule has 4 nitrogen and oxygen atoms in total. The van der Waals surface area contributed by atoms with Crippen LogP contribution in [-0.2, 0) is 4.79 Å². The van der Waals surface area contributed by atoms with E-state index in [1.165, 1.54) is 0 Å². The third-order valence-corrected chi connectivity index (χ3v) is 3.48. The molecule has 1 heterocycles. The molecule has 1 atom stereocenters. The van der Waals surface area contributed by atoms with Crippen LogP contribution in [0.2, 0.25) is 0 Å². The summed E-state index contributed by atoms with van der Waals surface area (Å²) >= 11 is 0. The van der Waals surface area contributed by atoms with Crippen molar-refractivity contribution in [3.05, 3.63) is 0 Å². The van der Waals surface area contributed by atoms with E-state index in [2.05, 4.69) is 5.32 Å². The van der Waals surface area contributed by atoms with Gasteiger partial charge in [-0.3, -0.25) is 4.79 Å². The summed E-state index contributed by atoms with van der Waals surface area (Å²) in [6.07, 6.45) is 2.79. The van der Waals surface area contributed by atoms with Gasteiger partial charge in [-0.15, -0.1) is 0 Å². The smallest absolute Gasteiger partial charge is 0.243 e. The van der Waals surface area contributed by atoms with Gasteiger partial charge in [-0.1, -0.05) is 6.92 Å². The average molecular weight is 228 g/mol. The molecule has 0 aliphatic carbocycles. The standard InChI is InChI=1S/C12H24N2O2/c1-4-12(6-5-7-13-12)11(16)14(8-9-15)10(2)3/h10,13,15H,4-9H2,1-3H3. The van der Waals surface area contributed by atoms with Gasteiger partial charge in [0.15, 0.2) is 0 Å². The lowest BCUT2D eigenvalue weighted by molar-refractivity contribution is -0.140. The second-order valence-electron chi connectivity index (χ2n) is 4.78. The summed E-state index contributed by atoms with van der Waals surface area (Å²) in [5.41, 5.74) is -0.376. The minimum Gasteiger partial charge on any atom is -0.395 e. The van der Waals surface area contributed by atoms with Crippen molar-refractivity contribution in [2.45, 2.75) is 51.6 Å². The number of carbonyl (C=O) groups is 1. The first-order chi connectivity index (χ1) is 7.57. The van der Waals surface area contributed by atoms with Crippen LogP contribution in [0.4, 0.5) is 0 Å². The first-order valence-electron chi connectivity index (χ1n) is 6.24. The number of hydrogen-bond donors (Lipinski definition) is 2. The summed E-state index contributed by atoms with van der Waals surface area (Å²) in [5, 5.41) is 12.4. The van der Waals surface area contributed by atoms with Gasteiger partial charge in [0.25, 0.3) is 0 Å². The molecule has 1 amide bonds. The van der Waals surface area contributed by atoms with E-state index in [-0.39, 0.29) is 24.1 Å². The molecule has 94 valence electrons. The van der Waals surface area contributed by atoms with E-state index in [1.807, 2.05) is 20.8 Å². The normalized spacial score (nSPS) is 25.1. The molecule has 0 aromatic carbocycles. The molecule has 0 aromatic rings. The number of hydrogen-bond acceptors (Lipinski definition) is 3. The molecular weight excluding hydrogens is 204 g/mol. The molecule has 1 aliphatic heterocycles. The molecule has 1 unspecified atom stereocenters. The van der Waals surface area contributed by atoms with Crippen LogP contribution in [0.15, 0.2) is 0 Å². The Morgan fingerprint density at radius 3 is 2.62 bits per heavy atom. The molecule has 0 aromatic heterocycles. The molecule has 0 saturated carbocycles. The number of amides is 1. The molecule has 2 N–H and O–H groups in total. The quantitative estimate of drug-likeness (QED) is 0.730. The predicted octanol–water partition coefficient (Wildman–Crippen LogP) is 0.748. The molecular formula is C12H24N2O2. The maximum atomic E-state index is 12.5. The van der Waals surface area contributed by atoms with Crippen LogP contribution in [-0.4, -0.2) is 47.2 Å². The van der Waals surface area contributed by atoms with Gasteiger partial charge in [0.05, 0.1) is 12.1 Å². The Kier molecular flexibility index (Phi) is 4.74. The average Bonchev–Trinajstić information content (AvgIpc) is 2.74. The topological polar surface area (TPSA) is 52.6 Å². The second-order valence-corrected chi connectivity index (χ2v) is 4.78. The Labute approximate surface area is 98.0 Å². The molecule has 1 fully saturated rings. The van der Waals surface area contributed by atoms with Gasteiger partial charge in [0.1, 0.15) is 0 Å². The molecule has 1 aliphatic rings. The molecule has 0 spiro atoms. The first kappa shape index (κ1) is 13.5. The summed E-state index contributed by atoms with van der Waals surface area (Å²) < 4.78 is 0. The molecule has 4 heteroatoms. The lowest BCUT2D eigenvalue weighted by Crippen LogP contribution is -2.56. The molecule has 1 rings (SSSR count). The van der Waals surface area contributed by atoms with Crippen molar-refractivity contribution in [3.8, 4) is 0 Å². The number of nitrogens with one attached hydrogen (secondary N) is 1. The molecule has 0 radical (unpaired) electrons. The van der Waals surface area contributed by atoms with Gasteiger partial charge < -0.3 is 15.3 Å². The van der Waals surface area contributed by atoms with Crippen molar-refractivity contribution in [1.29, 1.82) is 0 Å². The van der Waals surface area contributed by atoms with E-state index in [0.717, 1.165) is 25.8 Å². The van der Waals surface area contributed by atoms with E-state index in [1.54, 1.807) is 4.90 Å². The van der Waals surface area contributed by atoms with Gasteiger partial charge in [0, 0.05) is 12.6 Å². The zero-order valence-electron chi connectivity index (χ0n) is 10.6. The highest BCUT2D eigenvalue weighted by Crippen LogP contribution is 2.26. The molecule has 1 saturated heterocycles. The highest BCUT2D eigenvalue weighted by Gasteiger charge is 2.42. The van der Waals surface area contributed by atoms with Crippen molar-refractivity contribution in [2.24, 2.45) is 0 Å². The fraction of sp³-hybridized carbons (Fsp3) is 0.917. The minimum absolute atomic E-state index is 0.0315. The van der Waals surface area contributed by atoms with Crippen LogP contribution >= 0.6 is 0 Å². The lowest BCUT2D eigenvalue weighted by atomic mass is 9.92. The Balaban J connectivity index is 2.79. The van der Waals surface area contributed by atoms with Crippen LogP contribution in [0.5, 0.6) is 0 Å². The number of rotatable bonds is 5. The second kappa shape index (κ2) is 5.64. The number of aliphatic hydroxyl groups is 1. The monoisotopic (exact) mass is 228 g/mol. The van der Waals surface area contributed by atoms with Gasteiger partial charge in [-0.2, -0.15) is 0 Å². The van der Waals surface area contributed by atoms with Crippen molar-refractivity contribution >= 4 is 5.91 Å². The summed E-state index contributed by atoms with van der Waals surface area (Å²) in [6.45, 7) is 7.42. The zero-order chi connectivity index (χ0) is 12.2. The largest absolute Gasteiger partial charge is 0.395 e. The highest BCUT2D eigenvalue weighted by molar-refractivity contribution is 5.87. The van der Waals surface area contributed by atoms with E-state index in [4.69, 9.17) is 5.11 Å². The van der Waals surface area contributed by atoms with Crippen molar-refractivity contribution < 1.29 is 9.90 Å². The number of nitrogens with zero attached hydrogens (tertiary/aromatic N) is 1. The predicted molar refractivity (Wildman–Crippen MR) is 64.2 cm³/mol. The van der Waals surface area contributed by atoms with E-state index >= 15 is 0 Å². The Morgan fingerprint density at radius 2 is 2.25 bits per heavy atom. The van der Waals surface area contributed by atoms with Crippen molar-refractivity contribution in [1.82, 2.24) is 10.2 Å². The minimum atomic E-state index is -0.376. The molecule has 16 heavy (non-hydrogen) atoms. The third kappa shape index (κ3) is 2.55. The van der Waals surface area contributed by atoms with Gasteiger partial charge in [0.2, 0.25) is 5.91 Å². The summed E-state index contributed by atoms with van der Waals surface area (Å²) in [7, 11) is 0. The number of aliphatic hydroxyl groups excluding tert-OH is 1. The Hall–Kier alpha value is -0.610. The Morgan fingerprint density at radius 1 is 1.56 bits per heavy atom. The van der Waals surface area contributed by atoms with Crippen LogP contribution in [0, 0.1) is 0 Å². The van der Waals surface area contributed by atoms with E-state index in [0.29, 0.717) is 6.54 Å². The van der Waals surface area contributed by atoms with Crippen molar-refractivity contribution in [3.63, 3.8) is 0 Å². The van der Waals surface area contributed by atoms with E-state index in [9.17, 15) is 4.79 Å². The van der Waals surface area contributed by atoms with Gasteiger partial charge in [-0.05, 0) is 39.7 Å². The van der Waals surface area contributed by atoms with Crippen LogP contribution in [0.3, 0.4) is 0 Å². The van der Waals surface area contributed by atoms with Crippen molar-refractivity contribution in [2.75, 3.05) is 19.7 Å². The summed E-state index contributed by atoms with van der Waals surface area (Å²) in [4.78, 5) is 14.3. The van der Waals surface area contributed by atoms with Crippen LogP contribution in [0.25, 0.3) is 0 Å². The summed E-state index contributed by atoms with van der Waals surface area (Å²) in [5.74, 6) is 0.150. The third-order valence-electron chi connectivity index (χ3n) is 3.48. The van der Waals surface area contributed by atoms with E-state index < -0.39 is 0 Å². The fourth-order valence-corrected chi connectivity index (χ4v) is 2.42. The number of carbonyl (C=O) groups excluding carboxylic acids is 1. The van der Waals surface area contributed by atoms with Crippen LogP contribution in [0.1, 0.15) is 40.0 Å². The van der Waals surface area contributed by atoms with Crippen LogP contribution < -0.4 is 5.32 Å².